The maximum atomic E-state index is 11.9. The first-order valence-electron chi connectivity index (χ1n) is 7.11. The van der Waals surface area contributed by atoms with E-state index >= 15 is 0 Å². The van der Waals surface area contributed by atoms with E-state index in [1.807, 2.05) is 27.7 Å². The van der Waals surface area contributed by atoms with Crippen molar-refractivity contribution in [1.29, 1.82) is 0 Å². The van der Waals surface area contributed by atoms with Gasteiger partial charge in [0.15, 0.2) is 0 Å². The van der Waals surface area contributed by atoms with Crippen LogP contribution >= 0.6 is 11.8 Å². The Morgan fingerprint density at radius 2 is 2.10 bits per heavy atom. The van der Waals surface area contributed by atoms with Gasteiger partial charge in [-0.1, -0.05) is 27.2 Å². The maximum absolute atomic E-state index is 11.9. The Balaban J connectivity index is 2.51. The van der Waals surface area contributed by atoms with Crippen molar-refractivity contribution < 1.29 is 9.90 Å². The summed E-state index contributed by atoms with van der Waals surface area (Å²) in [6, 6.07) is 0. The summed E-state index contributed by atoms with van der Waals surface area (Å²) in [5, 5.41) is 9.63. The number of aliphatic hydroxyl groups excluding tert-OH is 1. The average Bonchev–Trinajstić information content (AvgIpc) is 2.24. The van der Waals surface area contributed by atoms with E-state index in [9.17, 15) is 9.90 Å². The quantitative estimate of drug-likeness (QED) is 0.464. The van der Waals surface area contributed by atoms with Crippen LogP contribution < -0.4 is 5.73 Å². The van der Waals surface area contributed by atoms with Gasteiger partial charge < -0.3 is 10.8 Å². The Labute approximate surface area is 125 Å². The molecule has 5 heteroatoms. The third-order valence-electron chi connectivity index (χ3n) is 3.45. The van der Waals surface area contributed by atoms with Crippen molar-refractivity contribution in [3.8, 4) is 0 Å². The predicted molar refractivity (Wildman–Crippen MR) is 86.1 cm³/mol. The lowest BCUT2D eigenvalue weighted by molar-refractivity contribution is -0.117. The average molecular weight is 298 g/mol. The van der Waals surface area contributed by atoms with E-state index in [1.54, 1.807) is 11.8 Å². The van der Waals surface area contributed by atoms with Crippen LogP contribution in [0.1, 0.15) is 47.0 Å². The Kier molecular flexibility index (Phi) is 6.11. The van der Waals surface area contributed by atoms with E-state index in [4.69, 9.17) is 5.73 Å². The monoisotopic (exact) mass is 298 g/mol. The number of amidine groups is 1. The van der Waals surface area contributed by atoms with Gasteiger partial charge in [0.2, 0.25) is 0 Å². The number of carbonyl (C=O) groups is 1. The Morgan fingerprint density at radius 1 is 1.50 bits per heavy atom. The molecule has 1 saturated carbocycles. The Hall–Kier alpha value is -0.970. The zero-order valence-electron chi connectivity index (χ0n) is 12.8. The van der Waals surface area contributed by atoms with Crippen molar-refractivity contribution in [2.24, 2.45) is 22.1 Å². The molecule has 1 amide bonds. The fraction of sp³-hybridized carbons (Fsp3) is 0.733. The minimum atomic E-state index is -0.395. The molecule has 20 heavy (non-hydrogen) atoms. The van der Waals surface area contributed by atoms with Gasteiger partial charge in [-0.15, -0.1) is 11.8 Å². The van der Waals surface area contributed by atoms with Crippen LogP contribution in [0.3, 0.4) is 0 Å². The molecular weight excluding hydrogens is 272 g/mol. The van der Waals surface area contributed by atoms with Gasteiger partial charge in [0.1, 0.15) is 11.6 Å². The molecule has 3 N–H and O–H groups in total. The maximum Gasteiger partial charge on any atom is 0.260 e. The Bertz CT molecular complexity index is 407. The third kappa shape index (κ3) is 5.57. The second kappa shape index (κ2) is 7.16. The molecule has 0 saturated heterocycles. The van der Waals surface area contributed by atoms with Gasteiger partial charge in [-0.25, -0.2) is 0 Å². The molecule has 1 rings (SSSR count). The lowest BCUT2D eigenvalue weighted by atomic mass is 9.87. The molecule has 1 aliphatic rings. The van der Waals surface area contributed by atoms with E-state index in [0.29, 0.717) is 0 Å². The normalized spacial score (nSPS) is 19.6. The molecule has 114 valence electrons. The number of aliphatic imine (C=N–C) groups is 1. The van der Waals surface area contributed by atoms with Crippen LogP contribution in [-0.4, -0.2) is 27.9 Å². The van der Waals surface area contributed by atoms with Gasteiger partial charge in [-0.05, 0) is 31.4 Å². The number of nitrogens with zero attached hydrogens (tertiary/aromatic N) is 1. The number of allylic oxidation sites excluding steroid dienone is 1. The summed E-state index contributed by atoms with van der Waals surface area (Å²) in [6.07, 6.45) is 5.24. The summed E-state index contributed by atoms with van der Waals surface area (Å²) < 4.78 is 0. The van der Waals surface area contributed by atoms with Crippen molar-refractivity contribution in [3.05, 3.63) is 11.8 Å². The van der Waals surface area contributed by atoms with Gasteiger partial charge in [-0.3, -0.25) is 4.79 Å². The highest BCUT2D eigenvalue weighted by molar-refractivity contribution is 8.00. The molecule has 0 aromatic rings. The van der Waals surface area contributed by atoms with Crippen molar-refractivity contribution in [3.63, 3.8) is 0 Å². The highest BCUT2D eigenvalue weighted by atomic mass is 32.2. The first-order chi connectivity index (χ1) is 9.20. The van der Waals surface area contributed by atoms with Crippen molar-refractivity contribution >= 4 is 23.5 Å². The molecule has 4 nitrogen and oxygen atoms in total. The van der Waals surface area contributed by atoms with Crippen molar-refractivity contribution in [2.45, 2.75) is 52.2 Å². The predicted octanol–water partition coefficient (Wildman–Crippen LogP) is 3.28. The van der Waals surface area contributed by atoms with Crippen LogP contribution in [0.15, 0.2) is 16.8 Å². The van der Waals surface area contributed by atoms with Crippen LogP contribution in [0.2, 0.25) is 0 Å². The second-order valence-corrected chi connectivity index (χ2v) is 7.80. The fourth-order valence-corrected chi connectivity index (χ4v) is 2.71. The number of thioether (sulfide) groups is 1. The zero-order chi connectivity index (χ0) is 15.3. The summed E-state index contributed by atoms with van der Waals surface area (Å²) in [7, 11) is 0. The van der Waals surface area contributed by atoms with E-state index < -0.39 is 5.41 Å². The summed E-state index contributed by atoms with van der Waals surface area (Å²) in [5.74, 6) is 1.75. The molecule has 0 heterocycles. The molecule has 1 fully saturated rings. The highest BCUT2D eigenvalue weighted by Crippen LogP contribution is 2.31. The number of nitrogens with two attached hydrogens (primary N) is 1. The smallest absolute Gasteiger partial charge is 0.260 e. The first kappa shape index (κ1) is 17.1. The van der Waals surface area contributed by atoms with E-state index in [0.717, 1.165) is 11.7 Å². The van der Waals surface area contributed by atoms with E-state index in [1.165, 1.54) is 25.3 Å². The summed E-state index contributed by atoms with van der Waals surface area (Å²) in [4.78, 5) is 15.8. The number of aliphatic hydroxyl groups is 1. The summed E-state index contributed by atoms with van der Waals surface area (Å²) in [5.41, 5.74) is 5.29. The van der Waals surface area contributed by atoms with E-state index in [-0.39, 0.29) is 22.8 Å². The van der Waals surface area contributed by atoms with Crippen LogP contribution in [0.4, 0.5) is 0 Å². The van der Waals surface area contributed by atoms with Crippen LogP contribution in [0.25, 0.3) is 0 Å². The van der Waals surface area contributed by atoms with Crippen LogP contribution in [-0.2, 0) is 4.79 Å². The molecule has 1 aliphatic carbocycles. The van der Waals surface area contributed by atoms with Crippen molar-refractivity contribution in [2.75, 3.05) is 5.75 Å². The van der Waals surface area contributed by atoms with Gasteiger partial charge >= 0.3 is 0 Å². The summed E-state index contributed by atoms with van der Waals surface area (Å²) in [6.45, 7) is 7.46. The fourth-order valence-electron chi connectivity index (χ4n) is 1.62. The van der Waals surface area contributed by atoms with Crippen molar-refractivity contribution in [1.82, 2.24) is 0 Å². The molecular formula is C15H26N2O2S. The summed E-state index contributed by atoms with van der Waals surface area (Å²) >= 11 is 1.64. The number of hydrogen-bond donors (Lipinski definition) is 2. The topological polar surface area (TPSA) is 75.7 Å². The molecule has 1 unspecified atom stereocenters. The molecule has 0 spiro atoms. The molecule has 0 aliphatic heterocycles. The lowest BCUT2D eigenvalue weighted by Crippen LogP contribution is -2.21. The van der Waals surface area contributed by atoms with E-state index in [2.05, 4.69) is 4.99 Å². The molecule has 0 aromatic carbocycles. The zero-order valence-corrected chi connectivity index (χ0v) is 13.7. The highest BCUT2D eigenvalue weighted by Gasteiger charge is 2.21. The van der Waals surface area contributed by atoms with Crippen LogP contribution in [0, 0.1) is 11.3 Å². The second-order valence-electron chi connectivity index (χ2n) is 6.43. The van der Waals surface area contributed by atoms with Gasteiger partial charge in [-0.2, -0.15) is 4.99 Å². The standard InChI is InChI=1S/C15H26N2O2S/c1-10(20-9-11-6-5-7-11)14(19)17-13(16)8-12(18)15(2,3)4/h8,10-11,18H,5-7,9H2,1-4H3,(H2,16,17,19)/b12-8-. The SMILES string of the molecule is CC(SCC1CCC1)C(=O)N=C(N)/C=C(\O)C(C)(C)C. The largest absolute Gasteiger partial charge is 0.512 e. The van der Waals surface area contributed by atoms with Gasteiger partial charge in [0.25, 0.3) is 5.91 Å². The van der Waals surface area contributed by atoms with Gasteiger partial charge in [0.05, 0.1) is 5.25 Å². The number of amides is 1. The third-order valence-corrected chi connectivity index (χ3v) is 4.81. The Morgan fingerprint density at radius 3 is 2.55 bits per heavy atom. The molecule has 0 radical (unpaired) electrons. The van der Waals surface area contributed by atoms with Crippen LogP contribution in [0.5, 0.6) is 0 Å². The molecule has 0 bridgehead atoms. The molecule has 1 atom stereocenters. The minimum absolute atomic E-state index is 0.0681. The number of rotatable bonds is 5. The molecule has 0 aromatic heterocycles. The minimum Gasteiger partial charge on any atom is -0.512 e. The lowest BCUT2D eigenvalue weighted by Gasteiger charge is -2.25. The first-order valence-corrected chi connectivity index (χ1v) is 8.15. The number of hydrogen-bond acceptors (Lipinski definition) is 3. The number of carbonyl (C=O) groups excluding carboxylic acids is 1. The van der Waals surface area contributed by atoms with Gasteiger partial charge in [0, 0.05) is 11.5 Å².